The minimum atomic E-state index is -0.219. The van der Waals surface area contributed by atoms with Gasteiger partial charge in [0.25, 0.3) is 0 Å². The van der Waals surface area contributed by atoms with Gasteiger partial charge in [0.2, 0.25) is 0 Å². The third-order valence-corrected chi connectivity index (χ3v) is 3.46. The van der Waals surface area contributed by atoms with Crippen LogP contribution in [0.3, 0.4) is 0 Å². The van der Waals surface area contributed by atoms with E-state index in [0.29, 0.717) is 25.4 Å². The van der Waals surface area contributed by atoms with Crippen LogP contribution in [0.25, 0.3) is 5.65 Å². The van der Waals surface area contributed by atoms with Gasteiger partial charge in [-0.3, -0.25) is 0 Å². The molecule has 0 saturated heterocycles. The number of nitrogens with one attached hydrogen (secondary N) is 2. The van der Waals surface area contributed by atoms with E-state index in [1.807, 2.05) is 19.1 Å². The highest BCUT2D eigenvalue weighted by atomic mass is 16.3. The lowest BCUT2D eigenvalue weighted by molar-refractivity contribution is 0.230. The van der Waals surface area contributed by atoms with E-state index in [4.69, 9.17) is 5.11 Å². The number of nitrogens with zero attached hydrogens (tertiary/aromatic N) is 3. The van der Waals surface area contributed by atoms with Crippen molar-refractivity contribution in [1.82, 2.24) is 25.2 Å². The Kier molecular flexibility index (Phi) is 5.51. The number of amides is 2. The summed E-state index contributed by atoms with van der Waals surface area (Å²) in [5, 5.41) is 18.7. The quantitative estimate of drug-likeness (QED) is 0.708. The molecule has 114 valence electrons. The van der Waals surface area contributed by atoms with Gasteiger partial charge in [0, 0.05) is 25.4 Å². The maximum absolute atomic E-state index is 11.8. The molecule has 2 aromatic heterocycles. The molecule has 0 spiro atoms. The van der Waals surface area contributed by atoms with Crippen molar-refractivity contribution in [2.75, 3.05) is 13.2 Å². The van der Waals surface area contributed by atoms with Crippen LogP contribution in [0.4, 0.5) is 4.79 Å². The highest BCUT2D eigenvalue weighted by Gasteiger charge is 2.08. The zero-order valence-corrected chi connectivity index (χ0v) is 12.1. The van der Waals surface area contributed by atoms with Crippen LogP contribution in [0.2, 0.25) is 0 Å². The van der Waals surface area contributed by atoms with Crippen LogP contribution in [0.15, 0.2) is 24.5 Å². The van der Waals surface area contributed by atoms with E-state index in [2.05, 4.69) is 20.7 Å². The van der Waals surface area contributed by atoms with E-state index in [0.717, 1.165) is 17.8 Å². The van der Waals surface area contributed by atoms with E-state index >= 15 is 0 Å². The Balaban J connectivity index is 1.82. The maximum atomic E-state index is 11.8. The molecule has 1 unspecified atom stereocenters. The number of carbonyl (C=O) groups is 1. The van der Waals surface area contributed by atoms with Crippen molar-refractivity contribution in [3.8, 4) is 0 Å². The monoisotopic (exact) mass is 291 g/mol. The SMILES string of the molecule is CCC(CCO)CNC(=O)NCc1ccnc2ccnn12. The topological polar surface area (TPSA) is 91.5 Å². The van der Waals surface area contributed by atoms with Crippen LogP contribution < -0.4 is 10.6 Å². The standard InChI is InChI=1S/C14H21N5O2/c1-2-11(5-8-20)9-16-14(21)17-10-12-3-6-15-13-4-7-18-19(12)13/h3-4,6-7,11,20H,2,5,8-10H2,1H3,(H2,16,17,21). The fraction of sp³-hybridized carbons (Fsp3) is 0.500. The lowest BCUT2D eigenvalue weighted by atomic mass is 10.0. The minimum Gasteiger partial charge on any atom is -0.396 e. The first-order valence-electron chi connectivity index (χ1n) is 7.14. The molecule has 7 nitrogen and oxygen atoms in total. The van der Waals surface area contributed by atoms with Gasteiger partial charge in [0.15, 0.2) is 5.65 Å². The molecule has 2 amide bonds. The zero-order valence-electron chi connectivity index (χ0n) is 12.1. The highest BCUT2D eigenvalue weighted by molar-refractivity contribution is 5.73. The molecule has 0 radical (unpaired) electrons. The number of rotatable bonds is 7. The van der Waals surface area contributed by atoms with Crippen molar-refractivity contribution in [3.05, 3.63) is 30.2 Å². The molecule has 0 bridgehead atoms. The molecule has 1 atom stereocenters. The summed E-state index contributed by atoms with van der Waals surface area (Å²) < 4.78 is 1.70. The van der Waals surface area contributed by atoms with Crippen LogP contribution >= 0.6 is 0 Å². The molecule has 0 aliphatic carbocycles. The second-order valence-electron chi connectivity index (χ2n) is 4.89. The lowest BCUT2D eigenvalue weighted by Crippen LogP contribution is -2.38. The first kappa shape index (κ1) is 15.2. The van der Waals surface area contributed by atoms with E-state index in [1.54, 1.807) is 16.9 Å². The van der Waals surface area contributed by atoms with Crippen molar-refractivity contribution >= 4 is 11.7 Å². The number of fused-ring (bicyclic) bond motifs is 1. The molecule has 0 aromatic carbocycles. The second kappa shape index (κ2) is 7.58. The summed E-state index contributed by atoms with van der Waals surface area (Å²) in [7, 11) is 0. The predicted molar refractivity (Wildman–Crippen MR) is 78.7 cm³/mol. The Morgan fingerprint density at radius 1 is 1.38 bits per heavy atom. The molecule has 0 aliphatic rings. The number of carbonyl (C=O) groups excluding carboxylic acids is 1. The van der Waals surface area contributed by atoms with Crippen molar-refractivity contribution in [2.45, 2.75) is 26.3 Å². The molecule has 21 heavy (non-hydrogen) atoms. The van der Waals surface area contributed by atoms with Gasteiger partial charge < -0.3 is 15.7 Å². The average molecular weight is 291 g/mol. The Bertz CT molecular complexity index is 584. The second-order valence-corrected chi connectivity index (χ2v) is 4.89. The van der Waals surface area contributed by atoms with E-state index in [9.17, 15) is 4.79 Å². The number of aromatic nitrogens is 3. The molecule has 0 saturated carbocycles. The maximum Gasteiger partial charge on any atom is 0.315 e. The van der Waals surface area contributed by atoms with Gasteiger partial charge in [0.1, 0.15) is 0 Å². The third-order valence-electron chi connectivity index (χ3n) is 3.46. The van der Waals surface area contributed by atoms with Gasteiger partial charge in [-0.15, -0.1) is 0 Å². The van der Waals surface area contributed by atoms with Crippen LogP contribution in [-0.2, 0) is 6.54 Å². The van der Waals surface area contributed by atoms with Gasteiger partial charge in [-0.05, 0) is 18.4 Å². The summed E-state index contributed by atoms with van der Waals surface area (Å²) in [6.45, 7) is 3.14. The summed E-state index contributed by atoms with van der Waals surface area (Å²) in [5.74, 6) is 0.305. The summed E-state index contributed by atoms with van der Waals surface area (Å²) >= 11 is 0. The number of aliphatic hydroxyl groups excluding tert-OH is 1. The smallest absolute Gasteiger partial charge is 0.315 e. The molecule has 0 aliphatic heterocycles. The Morgan fingerprint density at radius 3 is 3.00 bits per heavy atom. The number of hydrogen-bond donors (Lipinski definition) is 3. The van der Waals surface area contributed by atoms with Crippen LogP contribution in [0.1, 0.15) is 25.5 Å². The van der Waals surface area contributed by atoms with Gasteiger partial charge in [-0.2, -0.15) is 5.10 Å². The largest absolute Gasteiger partial charge is 0.396 e. The van der Waals surface area contributed by atoms with Gasteiger partial charge >= 0.3 is 6.03 Å². The number of urea groups is 1. The number of hydrogen-bond acceptors (Lipinski definition) is 4. The summed E-state index contributed by atoms with van der Waals surface area (Å²) in [4.78, 5) is 16.0. The van der Waals surface area contributed by atoms with Crippen molar-refractivity contribution in [2.24, 2.45) is 5.92 Å². The summed E-state index contributed by atoms with van der Waals surface area (Å²) in [6, 6.07) is 3.41. The molecule has 2 rings (SSSR count). The molecule has 2 heterocycles. The summed E-state index contributed by atoms with van der Waals surface area (Å²) in [6.07, 6.45) is 5.00. The van der Waals surface area contributed by atoms with Crippen molar-refractivity contribution in [3.63, 3.8) is 0 Å². The average Bonchev–Trinajstić information content (AvgIpc) is 2.98. The fourth-order valence-corrected chi connectivity index (χ4v) is 2.12. The van der Waals surface area contributed by atoms with Crippen LogP contribution in [-0.4, -0.2) is 38.9 Å². The third kappa shape index (κ3) is 4.16. The molecule has 3 N–H and O–H groups in total. The van der Waals surface area contributed by atoms with Crippen LogP contribution in [0, 0.1) is 5.92 Å². The molecule has 2 aromatic rings. The first-order valence-corrected chi connectivity index (χ1v) is 7.14. The number of aliphatic hydroxyl groups is 1. The van der Waals surface area contributed by atoms with Crippen LogP contribution in [0.5, 0.6) is 0 Å². The van der Waals surface area contributed by atoms with Gasteiger partial charge in [0.05, 0.1) is 18.4 Å². The highest BCUT2D eigenvalue weighted by Crippen LogP contribution is 2.05. The minimum absolute atomic E-state index is 0.149. The Morgan fingerprint density at radius 2 is 2.24 bits per heavy atom. The lowest BCUT2D eigenvalue weighted by Gasteiger charge is -2.15. The van der Waals surface area contributed by atoms with Crippen molar-refractivity contribution < 1.29 is 9.90 Å². The Labute approximate surface area is 123 Å². The Hall–Kier alpha value is -2.15. The zero-order chi connectivity index (χ0) is 15.1. The predicted octanol–water partition coefficient (Wildman–Crippen LogP) is 0.937. The van der Waals surface area contributed by atoms with E-state index < -0.39 is 0 Å². The van der Waals surface area contributed by atoms with Crippen molar-refractivity contribution in [1.29, 1.82) is 0 Å². The normalized spacial score (nSPS) is 12.3. The first-order chi connectivity index (χ1) is 10.2. The molecular formula is C14H21N5O2. The fourth-order valence-electron chi connectivity index (χ4n) is 2.12. The molecule has 7 heteroatoms. The summed E-state index contributed by atoms with van der Waals surface area (Å²) in [5.41, 5.74) is 1.62. The van der Waals surface area contributed by atoms with Gasteiger partial charge in [-0.1, -0.05) is 13.3 Å². The molecule has 0 fully saturated rings. The van der Waals surface area contributed by atoms with E-state index in [-0.39, 0.29) is 12.6 Å². The van der Waals surface area contributed by atoms with Gasteiger partial charge in [-0.25, -0.2) is 14.3 Å². The van der Waals surface area contributed by atoms with E-state index in [1.165, 1.54) is 0 Å². The molecular weight excluding hydrogens is 270 g/mol.